The monoisotopic (exact) mass is 158 g/mol. The van der Waals surface area contributed by atoms with Crippen LogP contribution in [0.4, 0.5) is 0 Å². The van der Waals surface area contributed by atoms with Gasteiger partial charge in [-0.2, -0.15) is 0 Å². The van der Waals surface area contributed by atoms with Gasteiger partial charge in [-0.1, -0.05) is 6.07 Å². The minimum absolute atomic E-state index is 0.143. The molecule has 0 radical (unpaired) electrons. The standard InChI is InChI=1S/C6H6OS2/c7-6-4(8)2-1-3-5(6)9/h1-3,7-9H. The molecule has 0 aliphatic carbocycles. The summed E-state index contributed by atoms with van der Waals surface area (Å²) in [4.78, 5) is 1.12. The summed E-state index contributed by atoms with van der Waals surface area (Å²) >= 11 is 7.94. The molecule has 0 fully saturated rings. The van der Waals surface area contributed by atoms with Crippen molar-refractivity contribution in [2.45, 2.75) is 9.79 Å². The molecule has 0 bridgehead atoms. The summed E-state index contributed by atoms with van der Waals surface area (Å²) in [6.45, 7) is 0. The summed E-state index contributed by atoms with van der Waals surface area (Å²) in [6, 6.07) is 5.20. The highest BCUT2D eigenvalue weighted by molar-refractivity contribution is 7.81. The Kier molecular flexibility index (Phi) is 1.93. The maximum absolute atomic E-state index is 9.05. The lowest BCUT2D eigenvalue weighted by atomic mass is 10.3. The largest absolute Gasteiger partial charge is 0.506 e. The number of thiol groups is 2. The van der Waals surface area contributed by atoms with Gasteiger partial charge in [0.25, 0.3) is 0 Å². The van der Waals surface area contributed by atoms with Crippen molar-refractivity contribution in [2.75, 3.05) is 0 Å². The van der Waals surface area contributed by atoms with Gasteiger partial charge in [0.15, 0.2) is 0 Å². The van der Waals surface area contributed by atoms with E-state index in [0.717, 1.165) is 0 Å². The second-order valence-corrected chi connectivity index (χ2v) is 2.61. The molecule has 1 N–H and O–H groups in total. The molecule has 3 heteroatoms. The molecule has 0 unspecified atom stereocenters. The summed E-state index contributed by atoms with van der Waals surface area (Å²) < 4.78 is 0. The number of benzene rings is 1. The zero-order chi connectivity index (χ0) is 6.85. The number of hydrogen-bond acceptors (Lipinski definition) is 3. The molecule has 0 aliphatic heterocycles. The Bertz CT molecular complexity index is 202. The molecule has 1 rings (SSSR count). The van der Waals surface area contributed by atoms with Crippen molar-refractivity contribution < 1.29 is 5.11 Å². The first-order valence-electron chi connectivity index (χ1n) is 2.41. The third kappa shape index (κ3) is 1.34. The van der Waals surface area contributed by atoms with Gasteiger partial charge in [0, 0.05) is 9.79 Å². The third-order valence-corrected chi connectivity index (χ3v) is 1.72. The Hall–Kier alpha value is -0.280. The average molecular weight is 158 g/mol. The molecular formula is C6H6OS2. The van der Waals surface area contributed by atoms with Gasteiger partial charge in [0.05, 0.1) is 0 Å². The highest BCUT2D eigenvalue weighted by atomic mass is 32.1. The number of rotatable bonds is 0. The van der Waals surface area contributed by atoms with Crippen LogP contribution in [-0.2, 0) is 0 Å². The third-order valence-electron chi connectivity index (χ3n) is 0.993. The number of hydrogen-bond donors (Lipinski definition) is 3. The van der Waals surface area contributed by atoms with Crippen LogP contribution in [0.5, 0.6) is 5.75 Å². The van der Waals surface area contributed by atoms with E-state index in [2.05, 4.69) is 25.3 Å². The summed E-state index contributed by atoms with van der Waals surface area (Å²) in [5, 5.41) is 9.05. The van der Waals surface area contributed by atoms with Crippen LogP contribution < -0.4 is 0 Å². The fourth-order valence-electron chi connectivity index (χ4n) is 0.519. The second-order valence-electron chi connectivity index (χ2n) is 1.64. The molecule has 48 valence electrons. The van der Waals surface area contributed by atoms with Crippen LogP contribution in [0.25, 0.3) is 0 Å². The van der Waals surface area contributed by atoms with Crippen LogP contribution in [0, 0.1) is 0 Å². The van der Waals surface area contributed by atoms with E-state index in [1.54, 1.807) is 18.2 Å². The molecule has 1 nitrogen and oxygen atoms in total. The van der Waals surface area contributed by atoms with Gasteiger partial charge >= 0.3 is 0 Å². The summed E-state index contributed by atoms with van der Waals surface area (Å²) in [5.41, 5.74) is 0. The maximum Gasteiger partial charge on any atom is 0.142 e. The Morgan fingerprint density at radius 2 is 1.56 bits per heavy atom. The summed E-state index contributed by atoms with van der Waals surface area (Å²) in [7, 11) is 0. The molecule has 9 heavy (non-hydrogen) atoms. The fraction of sp³-hybridized carbons (Fsp3) is 0. The second kappa shape index (κ2) is 2.54. The van der Waals surface area contributed by atoms with Crippen LogP contribution >= 0.6 is 25.3 Å². The van der Waals surface area contributed by atoms with Gasteiger partial charge in [0.2, 0.25) is 0 Å². The first-order valence-corrected chi connectivity index (χ1v) is 3.31. The number of phenols is 1. The van der Waals surface area contributed by atoms with Crippen molar-refractivity contribution >= 4 is 25.3 Å². The molecule has 0 spiro atoms. The molecule has 0 aromatic heterocycles. The lowest BCUT2D eigenvalue weighted by Gasteiger charge is -1.97. The van der Waals surface area contributed by atoms with Crippen molar-refractivity contribution in [3.63, 3.8) is 0 Å². The lowest BCUT2D eigenvalue weighted by Crippen LogP contribution is -1.70. The highest BCUT2D eigenvalue weighted by Crippen LogP contribution is 2.27. The van der Waals surface area contributed by atoms with Gasteiger partial charge in [-0.15, -0.1) is 25.3 Å². The first-order chi connectivity index (χ1) is 4.22. The van der Waals surface area contributed by atoms with E-state index in [1.165, 1.54) is 0 Å². The average Bonchev–Trinajstić information content (AvgIpc) is 1.83. The van der Waals surface area contributed by atoms with E-state index in [0.29, 0.717) is 9.79 Å². The van der Waals surface area contributed by atoms with Crippen molar-refractivity contribution in [3.05, 3.63) is 18.2 Å². The summed E-state index contributed by atoms with van der Waals surface area (Å²) in [5.74, 6) is 0.143. The maximum atomic E-state index is 9.05. The Morgan fingerprint density at radius 3 is 1.89 bits per heavy atom. The smallest absolute Gasteiger partial charge is 0.142 e. The Balaban J connectivity index is 3.25. The normalized spacial score (nSPS) is 9.56. The van der Waals surface area contributed by atoms with Gasteiger partial charge < -0.3 is 5.11 Å². The van der Waals surface area contributed by atoms with E-state index in [9.17, 15) is 0 Å². The van der Waals surface area contributed by atoms with Gasteiger partial charge in [0.1, 0.15) is 5.75 Å². The van der Waals surface area contributed by atoms with E-state index >= 15 is 0 Å². The molecule has 1 aromatic rings. The molecule has 0 aliphatic rings. The topological polar surface area (TPSA) is 20.2 Å². The zero-order valence-corrected chi connectivity index (χ0v) is 6.36. The molecule has 1 aromatic carbocycles. The Morgan fingerprint density at radius 1 is 1.11 bits per heavy atom. The molecular weight excluding hydrogens is 152 g/mol. The number of para-hydroxylation sites is 1. The summed E-state index contributed by atoms with van der Waals surface area (Å²) in [6.07, 6.45) is 0. The minimum Gasteiger partial charge on any atom is -0.506 e. The quantitative estimate of drug-likeness (QED) is 0.493. The van der Waals surface area contributed by atoms with Crippen LogP contribution in [0.1, 0.15) is 0 Å². The predicted octanol–water partition coefficient (Wildman–Crippen LogP) is 1.97. The van der Waals surface area contributed by atoms with Gasteiger partial charge in [-0.3, -0.25) is 0 Å². The number of aromatic hydroxyl groups is 1. The molecule has 0 saturated heterocycles. The van der Waals surface area contributed by atoms with E-state index < -0.39 is 0 Å². The highest BCUT2D eigenvalue weighted by Gasteiger charge is 1.97. The van der Waals surface area contributed by atoms with Gasteiger partial charge in [-0.25, -0.2) is 0 Å². The SMILES string of the molecule is Oc1c(S)cccc1S. The van der Waals surface area contributed by atoms with Crippen LogP contribution in [0.15, 0.2) is 28.0 Å². The van der Waals surface area contributed by atoms with Crippen molar-refractivity contribution in [2.24, 2.45) is 0 Å². The molecule has 0 heterocycles. The zero-order valence-electron chi connectivity index (χ0n) is 4.57. The van der Waals surface area contributed by atoms with E-state index in [4.69, 9.17) is 5.11 Å². The molecule has 0 saturated carbocycles. The van der Waals surface area contributed by atoms with E-state index in [-0.39, 0.29) is 5.75 Å². The van der Waals surface area contributed by atoms with Crippen LogP contribution in [0.2, 0.25) is 0 Å². The number of phenolic OH excluding ortho intramolecular Hbond substituents is 1. The Labute approximate surface area is 64.5 Å². The fourth-order valence-corrected chi connectivity index (χ4v) is 1.02. The van der Waals surface area contributed by atoms with Gasteiger partial charge in [-0.05, 0) is 12.1 Å². The van der Waals surface area contributed by atoms with Crippen molar-refractivity contribution in [1.29, 1.82) is 0 Å². The lowest BCUT2D eigenvalue weighted by molar-refractivity contribution is 0.449. The van der Waals surface area contributed by atoms with E-state index in [1.807, 2.05) is 0 Å². The van der Waals surface area contributed by atoms with Crippen LogP contribution in [-0.4, -0.2) is 5.11 Å². The molecule has 0 atom stereocenters. The predicted molar refractivity (Wildman–Crippen MR) is 42.6 cm³/mol. The first kappa shape index (κ1) is 6.83. The minimum atomic E-state index is 0.143. The van der Waals surface area contributed by atoms with Crippen molar-refractivity contribution in [3.8, 4) is 5.75 Å². The van der Waals surface area contributed by atoms with Crippen LogP contribution in [0.3, 0.4) is 0 Å². The molecule has 0 amide bonds. The van der Waals surface area contributed by atoms with Crippen molar-refractivity contribution in [1.82, 2.24) is 0 Å².